The van der Waals surface area contributed by atoms with Gasteiger partial charge in [-0.2, -0.15) is 0 Å². The molecule has 7 nitrogen and oxygen atoms in total. The Balaban J connectivity index is 1.71. The number of carbonyl (C=O) groups is 3. The Morgan fingerprint density at radius 2 is 1.80 bits per heavy atom. The monoisotopic (exact) mass is 415 g/mol. The molecule has 0 aromatic heterocycles. The summed E-state index contributed by atoms with van der Waals surface area (Å²) in [5.74, 6) is -0.366. The highest BCUT2D eigenvalue weighted by Gasteiger charge is 2.28. The Bertz CT molecular complexity index is 704. The number of nitrogens with one attached hydrogen (secondary N) is 2. The molecule has 1 aromatic carbocycles. The lowest BCUT2D eigenvalue weighted by atomic mass is 9.99. The van der Waals surface area contributed by atoms with Crippen LogP contribution in [0.25, 0.3) is 0 Å². The summed E-state index contributed by atoms with van der Waals surface area (Å²) in [6.45, 7) is 2.39. The molecular weight excluding hydrogens is 382 g/mol. The van der Waals surface area contributed by atoms with Gasteiger partial charge in [0.05, 0.1) is 19.0 Å². The van der Waals surface area contributed by atoms with Crippen LogP contribution in [0.2, 0.25) is 0 Å². The van der Waals surface area contributed by atoms with E-state index in [1.54, 1.807) is 4.90 Å². The standard InChI is InChI=1S/C23H33N3O4/c27-21-16-20(18-8-4-3-5-9-18)26(13-7-2-1-6-12-24-21)22(28)17-25-23(29)19-10-14-30-15-11-19/h3-5,8-9,19-20H,1-2,6-7,10-17H2,(H,24,27)(H,25,29). The number of ether oxygens (including phenoxy) is 1. The molecule has 3 amide bonds. The molecule has 1 aromatic rings. The molecule has 30 heavy (non-hydrogen) atoms. The van der Waals surface area contributed by atoms with Crippen molar-refractivity contribution in [2.24, 2.45) is 5.92 Å². The van der Waals surface area contributed by atoms with Crippen molar-refractivity contribution in [3.8, 4) is 0 Å². The van der Waals surface area contributed by atoms with Crippen molar-refractivity contribution in [3.63, 3.8) is 0 Å². The fourth-order valence-corrected chi connectivity index (χ4v) is 4.14. The van der Waals surface area contributed by atoms with Gasteiger partial charge in [-0.05, 0) is 31.2 Å². The highest BCUT2D eigenvalue weighted by atomic mass is 16.5. The Morgan fingerprint density at radius 3 is 2.57 bits per heavy atom. The van der Waals surface area contributed by atoms with Crippen LogP contribution in [0, 0.1) is 5.92 Å². The van der Waals surface area contributed by atoms with Crippen LogP contribution >= 0.6 is 0 Å². The van der Waals surface area contributed by atoms with Gasteiger partial charge in [0, 0.05) is 32.2 Å². The van der Waals surface area contributed by atoms with E-state index < -0.39 is 0 Å². The molecule has 2 fully saturated rings. The van der Waals surface area contributed by atoms with E-state index in [0.717, 1.165) is 31.2 Å². The van der Waals surface area contributed by atoms with E-state index in [4.69, 9.17) is 4.74 Å². The van der Waals surface area contributed by atoms with E-state index in [1.807, 2.05) is 30.3 Å². The predicted octanol–water partition coefficient (Wildman–Crippen LogP) is 2.18. The van der Waals surface area contributed by atoms with Crippen molar-refractivity contribution in [2.75, 3.05) is 32.8 Å². The quantitative estimate of drug-likeness (QED) is 0.789. The lowest BCUT2D eigenvalue weighted by Gasteiger charge is -2.32. The molecule has 0 saturated carbocycles. The van der Waals surface area contributed by atoms with Crippen LogP contribution in [-0.2, 0) is 19.1 Å². The zero-order valence-electron chi connectivity index (χ0n) is 17.6. The Hall–Kier alpha value is -2.41. The molecule has 1 unspecified atom stereocenters. The minimum absolute atomic E-state index is 0.0405. The molecule has 0 bridgehead atoms. The van der Waals surface area contributed by atoms with Crippen LogP contribution in [0.3, 0.4) is 0 Å². The summed E-state index contributed by atoms with van der Waals surface area (Å²) in [5.41, 5.74) is 0.941. The van der Waals surface area contributed by atoms with E-state index in [2.05, 4.69) is 10.6 Å². The minimum Gasteiger partial charge on any atom is -0.381 e. The van der Waals surface area contributed by atoms with Crippen molar-refractivity contribution >= 4 is 17.7 Å². The molecule has 2 N–H and O–H groups in total. The van der Waals surface area contributed by atoms with Gasteiger partial charge in [0.2, 0.25) is 17.7 Å². The molecule has 2 saturated heterocycles. The maximum atomic E-state index is 13.2. The Kier molecular flexibility index (Phi) is 8.68. The predicted molar refractivity (Wildman–Crippen MR) is 114 cm³/mol. The lowest BCUT2D eigenvalue weighted by molar-refractivity contribution is -0.137. The number of amides is 3. The average molecular weight is 416 g/mol. The molecule has 1 atom stereocenters. The van der Waals surface area contributed by atoms with Gasteiger partial charge in [-0.1, -0.05) is 43.2 Å². The lowest BCUT2D eigenvalue weighted by Crippen LogP contribution is -2.45. The first-order valence-corrected chi connectivity index (χ1v) is 11.1. The topological polar surface area (TPSA) is 87.7 Å². The molecule has 2 aliphatic rings. The van der Waals surface area contributed by atoms with Gasteiger partial charge >= 0.3 is 0 Å². The van der Waals surface area contributed by atoms with Crippen LogP contribution in [0.1, 0.15) is 56.6 Å². The third-order valence-corrected chi connectivity index (χ3v) is 5.91. The van der Waals surface area contributed by atoms with Gasteiger partial charge in [-0.15, -0.1) is 0 Å². The van der Waals surface area contributed by atoms with Crippen molar-refractivity contribution in [3.05, 3.63) is 35.9 Å². The largest absolute Gasteiger partial charge is 0.381 e. The number of nitrogens with zero attached hydrogens (tertiary/aromatic N) is 1. The van der Waals surface area contributed by atoms with Crippen molar-refractivity contribution in [1.82, 2.24) is 15.5 Å². The number of benzene rings is 1. The van der Waals surface area contributed by atoms with Gasteiger partial charge in [-0.3, -0.25) is 14.4 Å². The second kappa shape index (κ2) is 11.7. The average Bonchev–Trinajstić information content (AvgIpc) is 2.83. The zero-order valence-corrected chi connectivity index (χ0v) is 17.6. The molecule has 164 valence electrons. The molecular formula is C23H33N3O4. The van der Waals surface area contributed by atoms with Gasteiger partial charge in [0.25, 0.3) is 0 Å². The van der Waals surface area contributed by atoms with E-state index in [-0.39, 0.29) is 42.6 Å². The van der Waals surface area contributed by atoms with Crippen molar-refractivity contribution in [1.29, 1.82) is 0 Å². The Labute approximate surface area is 178 Å². The van der Waals surface area contributed by atoms with Crippen LogP contribution in [0.5, 0.6) is 0 Å². The number of hydrogen-bond donors (Lipinski definition) is 2. The number of rotatable bonds is 4. The van der Waals surface area contributed by atoms with Crippen LogP contribution in [-0.4, -0.2) is 55.5 Å². The van der Waals surface area contributed by atoms with E-state index >= 15 is 0 Å². The maximum Gasteiger partial charge on any atom is 0.242 e. The summed E-state index contributed by atoms with van der Waals surface area (Å²) >= 11 is 0. The fourth-order valence-electron chi connectivity index (χ4n) is 4.14. The molecule has 3 rings (SSSR count). The van der Waals surface area contributed by atoms with Crippen LogP contribution < -0.4 is 10.6 Å². The molecule has 7 heteroatoms. The van der Waals surface area contributed by atoms with E-state index in [1.165, 1.54) is 0 Å². The third kappa shape index (κ3) is 6.55. The maximum absolute atomic E-state index is 13.2. The summed E-state index contributed by atoms with van der Waals surface area (Å²) < 4.78 is 5.31. The molecule has 0 aliphatic carbocycles. The van der Waals surface area contributed by atoms with Gasteiger partial charge in [-0.25, -0.2) is 0 Å². The van der Waals surface area contributed by atoms with Crippen LogP contribution in [0.4, 0.5) is 0 Å². The second-order valence-corrected chi connectivity index (χ2v) is 8.09. The summed E-state index contributed by atoms with van der Waals surface area (Å²) in [6.07, 6.45) is 5.49. The summed E-state index contributed by atoms with van der Waals surface area (Å²) in [5, 5.41) is 5.80. The van der Waals surface area contributed by atoms with E-state index in [0.29, 0.717) is 39.1 Å². The first kappa shape index (κ1) is 22.3. The van der Waals surface area contributed by atoms with Crippen molar-refractivity contribution < 1.29 is 19.1 Å². The summed E-state index contributed by atoms with van der Waals surface area (Å²) in [7, 11) is 0. The van der Waals surface area contributed by atoms with Gasteiger partial charge in [0.1, 0.15) is 0 Å². The zero-order chi connectivity index (χ0) is 21.2. The Morgan fingerprint density at radius 1 is 1.07 bits per heavy atom. The van der Waals surface area contributed by atoms with E-state index in [9.17, 15) is 14.4 Å². The normalized spacial score (nSPS) is 21.9. The highest BCUT2D eigenvalue weighted by molar-refractivity contribution is 5.86. The number of hydrogen-bond acceptors (Lipinski definition) is 4. The second-order valence-electron chi connectivity index (χ2n) is 8.09. The molecule has 0 radical (unpaired) electrons. The minimum atomic E-state index is -0.336. The fraction of sp³-hybridized carbons (Fsp3) is 0.609. The smallest absolute Gasteiger partial charge is 0.242 e. The molecule has 0 spiro atoms. The van der Waals surface area contributed by atoms with Gasteiger partial charge < -0.3 is 20.3 Å². The van der Waals surface area contributed by atoms with Crippen LogP contribution in [0.15, 0.2) is 30.3 Å². The summed E-state index contributed by atoms with van der Waals surface area (Å²) in [6, 6.07) is 9.35. The summed E-state index contributed by atoms with van der Waals surface area (Å²) in [4.78, 5) is 39.9. The molecule has 2 aliphatic heterocycles. The first-order chi connectivity index (χ1) is 14.6. The SMILES string of the molecule is O=C1CC(c2ccccc2)N(C(=O)CNC(=O)C2CCOCC2)CCCCCCN1. The third-order valence-electron chi connectivity index (χ3n) is 5.91. The van der Waals surface area contributed by atoms with Gasteiger partial charge in [0.15, 0.2) is 0 Å². The highest BCUT2D eigenvalue weighted by Crippen LogP contribution is 2.26. The van der Waals surface area contributed by atoms with Crippen molar-refractivity contribution in [2.45, 2.75) is 51.0 Å². The number of carbonyl (C=O) groups excluding carboxylic acids is 3. The first-order valence-electron chi connectivity index (χ1n) is 11.1. The molecule has 2 heterocycles.